The van der Waals surface area contributed by atoms with Gasteiger partial charge >= 0.3 is 6.03 Å². The average Bonchev–Trinajstić information content (AvgIpc) is 3.06. The first-order chi connectivity index (χ1) is 8.05. The summed E-state index contributed by atoms with van der Waals surface area (Å²) in [5, 5.41) is 15.2. The molecule has 0 aromatic carbocycles. The van der Waals surface area contributed by atoms with E-state index in [0.29, 0.717) is 12.5 Å². The minimum Gasteiger partial charge on any atom is -0.394 e. The van der Waals surface area contributed by atoms with Gasteiger partial charge in [-0.3, -0.25) is 0 Å². The van der Waals surface area contributed by atoms with Crippen molar-refractivity contribution in [3.63, 3.8) is 0 Å². The summed E-state index contributed by atoms with van der Waals surface area (Å²) in [7, 11) is 0. The molecular formula is C12H22N2O3. The Bertz CT molecular complexity index is 293. The lowest BCUT2D eigenvalue weighted by Gasteiger charge is -2.30. The predicted octanol–water partition coefficient (Wildman–Crippen LogP) is 0.624. The van der Waals surface area contributed by atoms with Gasteiger partial charge in [0.25, 0.3) is 0 Å². The van der Waals surface area contributed by atoms with Crippen LogP contribution in [-0.2, 0) is 4.74 Å². The molecule has 17 heavy (non-hydrogen) atoms. The Hall–Kier alpha value is -0.810. The van der Waals surface area contributed by atoms with Gasteiger partial charge in [-0.1, -0.05) is 0 Å². The van der Waals surface area contributed by atoms with Gasteiger partial charge in [0.15, 0.2) is 0 Å². The Morgan fingerprint density at radius 3 is 2.65 bits per heavy atom. The summed E-state index contributed by atoms with van der Waals surface area (Å²) < 4.78 is 5.39. The number of nitrogens with one attached hydrogen (secondary N) is 2. The molecule has 3 atom stereocenters. The lowest BCUT2D eigenvalue weighted by atomic mass is 9.97. The summed E-state index contributed by atoms with van der Waals surface area (Å²) in [6.45, 7) is 4.55. The minimum atomic E-state index is -0.479. The van der Waals surface area contributed by atoms with Crippen molar-refractivity contribution in [2.75, 3.05) is 13.2 Å². The van der Waals surface area contributed by atoms with Crippen LogP contribution in [0.2, 0.25) is 0 Å². The van der Waals surface area contributed by atoms with Crippen LogP contribution in [0.4, 0.5) is 4.79 Å². The van der Waals surface area contributed by atoms with Crippen molar-refractivity contribution >= 4 is 6.03 Å². The molecule has 0 aromatic heterocycles. The zero-order valence-corrected chi connectivity index (χ0v) is 10.5. The number of aliphatic hydroxyl groups excluding tert-OH is 1. The molecule has 2 amide bonds. The molecule has 2 aliphatic rings. The third-order valence-corrected chi connectivity index (χ3v) is 3.90. The summed E-state index contributed by atoms with van der Waals surface area (Å²) in [4.78, 5) is 11.9. The van der Waals surface area contributed by atoms with Crippen LogP contribution in [0.15, 0.2) is 0 Å². The van der Waals surface area contributed by atoms with E-state index in [-0.39, 0.29) is 24.8 Å². The van der Waals surface area contributed by atoms with Crippen LogP contribution in [0.5, 0.6) is 0 Å². The molecule has 1 heterocycles. The molecule has 98 valence electrons. The number of carbonyl (C=O) groups is 1. The number of aliphatic hydroxyl groups is 1. The molecular weight excluding hydrogens is 220 g/mol. The van der Waals surface area contributed by atoms with E-state index >= 15 is 0 Å². The van der Waals surface area contributed by atoms with E-state index in [9.17, 15) is 9.90 Å². The molecule has 1 saturated carbocycles. The molecule has 0 spiro atoms. The van der Waals surface area contributed by atoms with Gasteiger partial charge in [0.05, 0.1) is 24.3 Å². The molecule has 2 rings (SSSR count). The van der Waals surface area contributed by atoms with Gasteiger partial charge in [-0.15, -0.1) is 0 Å². The van der Waals surface area contributed by atoms with E-state index in [0.717, 1.165) is 19.3 Å². The van der Waals surface area contributed by atoms with E-state index in [4.69, 9.17) is 4.74 Å². The molecule has 5 nitrogen and oxygen atoms in total. The number of rotatable bonds is 4. The average molecular weight is 242 g/mol. The molecule has 2 fully saturated rings. The third-order valence-electron chi connectivity index (χ3n) is 3.90. The van der Waals surface area contributed by atoms with E-state index in [1.807, 2.05) is 13.8 Å². The summed E-state index contributed by atoms with van der Waals surface area (Å²) in [5.41, 5.74) is -0.479. The van der Waals surface area contributed by atoms with E-state index in [2.05, 4.69) is 10.6 Å². The number of carbonyl (C=O) groups excluding carboxylic acids is 1. The second-order valence-electron chi connectivity index (χ2n) is 5.42. The summed E-state index contributed by atoms with van der Waals surface area (Å²) >= 11 is 0. The zero-order valence-electron chi connectivity index (χ0n) is 10.5. The van der Waals surface area contributed by atoms with Crippen LogP contribution in [0.3, 0.4) is 0 Å². The number of ether oxygens (including phenoxy) is 1. The fraction of sp³-hybridized carbons (Fsp3) is 0.917. The van der Waals surface area contributed by atoms with Crippen molar-refractivity contribution in [3.8, 4) is 0 Å². The van der Waals surface area contributed by atoms with Gasteiger partial charge in [0.1, 0.15) is 0 Å². The second-order valence-corrected chi connectivity index (χ2v) is 5.42. The standard InChI is InChI=1S/C12H22N2O3/c1-8-10(5-6-17-8)13-11(16)14-12(2,7-15)9-3-4-9/h8-10,15H,3-7H2,1-2H3,(H2,13,14,16). The molecule has 5 heteroatoms. The topological polar surface area (TPSA) is 70.6 Å². The van der Waals surface area contributed by atoms with E-state index in [1.165, 1.54) is 0 Å². The lowest BCUT2D eigenvalue weighted by molar-refractivity contribution is 0.112. The first-order valence-electron chi connectivity index (χ1n) is 6.36. The van der Waals surface area contributed by atoms with Gasteiger partial charge < -0.3 is 20.5 Å². The molecule has 1 aliphatic heterocycles. The minimum absolute atomic E-state index is 0.0121. The number of hydrogen-bond donors (Lipinski definition) is 3. The zero-order chi connectivity index (χ0) is 12.5. The van der Waals surface area contributed by atoms with Crippen molar-refractivity contribution in [1.82, 2.24) is 10.6 Å². The monoisotopic (exact) mass is 242 g/mol. The second kappa shape index (κ2) is 4.82. The van der Waals surface area contributed by atoms with Crippen LogP contribution in [0.25, 0.3) is 0 Å². The Balaban J connectivity index is 1.83. The Morgan fingerprint density at radius 2 is 2.18 bits per heavy atom. The van der Waals surface area contributed by atoms with Crippen LogP contribution in [0, 0.1) is 5.92 Å². The maximum absolute atomic E-state index is 11.9. The lowest BCUT2D eigenvalue weighted by Crippen LogP contribution is -2.56. The highest BCUT2D eigenvalue weighted by molar-refractivity contribution is 5.75. The quantitative estimate of drug-likeness (QED) is 0.677. The molecule has 3 N–H and O–H groups in total. The van der Waals surface area contributed by atoms with Crippen molar-refractivity contribution in [1.29, 1.82) is 0 Å². The molecule has 0 radical (unpaired) electrons. The first-order valence-corrected chi connectivity index (χ1v) is 6.36. The first kappa shape index (κ1) is 12.6. The number of amides is 2. The summed E-state index contributed by atoms with van der Waals surface area (Å²) in [6, 6.07) is -0.118. The molecule has 3 unspecified atom stereocenters. The van der Waals surface area contributed by atoms with Gasteiger partial charge in [-0.25, -0.2) is 4.79 Å². The molecule has 1 aliphatic carbocycles. The fourth-order valence-corrected chi connectivity index (χ4v) is 2.38. The third kappa shape index (κ3) is 2.90. The van der Waals surface area contributed by atoms with Crippen LogP contribution < -0.4 is 10.6 Å². The van der Waals surface area contributed by atoms with Crippen LogP contribution in [0.1, 0.15) is 33.1 Å². The Labute approximate surface area is 102 Å². The molecule has 1 saturated heterocycles. The maximum Gasteiger partial charge on any atom is 0.315 e. The highest BCUT2D eigenvalue weighted by Gasteiger charge is 2.42. The van der Waals surface area contributed by atoms with Crippen molar-refractivity contribution in [2.24, 2.45) is 5.92 Å². The van der Waals surface area contributed by atoms with E-state index in [1.54, 1.807) is 0 Å². The smallest absolute Gasteiger partial charge is 0.315 e. The van der Waals surface area contributed by atoms with Crippen molar-refractivity contribution in [2.45, 2.75) is 50.8 Å². The van der Waals surface area contributed by atoms with Gasteiger partial charge in [-0.2, -0.15) is 0 Å². The number of hydrogen-bond acceptors (Lipinski definition) is 3. The van der Waals surface area contributed by atoms with Crippen LogP contribution >= 0.6 is 0 Å². The van der Waals surface area contributed by atoms with Gasteiger partial charge in [0, 0.05) is 6.61 Å². The summed E-state index contributed by atoms with van der Waals surface area (Å²) in [5.74, 6) is 0.413. The number of urea groups is 1. The Kier molecular flexibility index (Phi) is 3.58. The van der Waals surface area contributed by atoms with Crippen LogP contribution in [-0.4, -0.2) is 42.0 Å². The Morgan fingerprint density at radius 1 is 1.47 bits per heavy atom. The largest absolute Gasteiger partial charge is 0.394 e. The highest BCUT2D eigenvalue weighted by Crippen LogP contribution is 2.39. The van der Waals surface area contributed by atoms with Gasteiger partial charge in [0.2, 0.25) is 0 Å². The SMILES string of the molecule is CC1OCCC1NC(=O)NC(C)(CO)C1CC1. The predicted molar refractivity (Wildman–Crippen MR) is 63.7 cm³/mol. The van der Waals surface area contributed by atoms with Crippen molar-refractivity contribution in [3.05, 3.63) is 0 Å². The molecule has 0 aromatic rings. The van der Waals surface area contributed by atoms with Gasteiger partial charge in [-0.05, 0) is 39.0 Å². The van der Waals surface area contributed by atoms with E-state index < -0.39 is 5.54 Å². The highest BCUT2D eigenvalue weighted by atomic mass is 16.5. The normalized spacial score (nSPS) is 31.9. The molecule has 0 bridgehead atoms. The van der Waals surface area contributed by atoms with Crippen molar-refractivity contribution < 1.29 is 14.6 Å². The maximum atomic E-state index is 11.9. The summed E-state index contributed by atoms with van der Waals surface area (Å²) in [6.07, 6.45) is 3.09. The fourth-order valence-electron chi connectivity index (χ4n) is 2.38.